The zero-order chi connectivity index (χ0) is 44.2. The van der Waals surface area contributed by atoms with Gasteiger partial charge in [-0.2, -0.15) is 0 Å². The molecule has 0 amide bonds. The van der Waals surface area contributed by atoms with Crippen molar-refractivity contribution >= 4 is 23.1 Å². The fourth-order valence-corrected chi connectivity index (χ4v) is 16.1. The van der Waals surface area contributed by atoms with E-state index in [1.165, 1.54) is 128 Å². The standard InChI is InChI=1S/4C14H24O/c4*1-10-5-4-7-14(3)8-6-12(11(2)15)9-13(10)14/h4*10,12-13H,4-9H2,1-3H3/t10-,12+,13+,14-;10-,12+,13-,14-;10-,12-,13+,14-;10-,12-,13-,14-/m1111/s1. The topological polar surface area (TPSA) is 68.3 Å². The Balaban J connectivity index is 0.000000152. The molecule has 16 atom stereocenters. The summed E-state index contributed by atoms with van der Waals surface area (Å²) in [5.41, 5.74) is 2.24. The number of Topliss-reactive ketones (excluding diaryl/α,β-unsaturated/α-hetero) is 4. The van der Waals surface area contributed by atoms with Crippen molar-refractivity contribution in [3.8, 4) is 0 Å². The molecule has 8 fully saturated rings. The summed E-state index contributed by atoms with van der Waals surface area (Å²) in [6.07, 6.45) is 31.1. The molecule has 8 rings (SSSR count). The first-order chi connectivity index (χ1) is 28.1. The molecule has 4 heteroatoms. The highest BCUT2D eigenvalue weighted by Gasteiger charge is 2.48. The summed E-state index contributed by atoms with van der Waals surface area (Å²) in [6.45, 7) is 26.5. The van der Waals surface area contributed by atoms with Crippen LogP contribution in [0.5, 0.6) is 0 Å². The minimum atomic E-state index is 0.378. The van der Waals surface area contributed by atoms with E-state index in [-0.39, 0.29) is 0 Å². The molecule has 0 radical (unpaired) electrons. The summed E-state index contributed by atoms with van der Waals surface area (Å²) in [5, 5.41) is 0. The van der Waals surface area contributed by atoms with Crippen molar-refractivity contribution in [1.82, 2.24) is 0 Å². The Bertz CT molecular complexity index is 1250. The number of rotatable bonds is 4. The molecule has 8 aliphatic carbocycles. The molecule has 0 N–H and O–H groups in total. The van der Waals surface area contributed by atoms with Gasteiger partial charge in [-0.05, 0) is 199 Å². The summed E-state index contributed by atoms with van der Waals surface area (Å²) in [6, 6.07) is 0. The maximum absolute atomic E-state index is 11.5. The van der Waals surface area contributed by atoms with E-state index in [2.05, 4.69) is 55.4 Å². The van der Waals surface area contributed by atoms with Gasteiger partial charge in [-0.15, -0.1) is 0 Å². The van der Waals surface area contributed by atoms with E-state index in [0.29, 0.717) is 68.5 Å². The Morgan fingerprint density at radius 2 is 0.500 bits per heavy atom. The van der Waals surface area contributed by atoms with Crippen LogP contribution in [0, 0.1) is 92.7 Å². The van der Waals surface area contributed by atoms with Crippen LogP contribution < -0.4 is 0 Å². The first-order valence-corrected chi connectivity index (χ1v) is 26.1. The maximum atomic E-state index is 11.5. The Morgan fingerprint density at radius 1 is 0.317 bits per heavy atom. The van der Waals surface area contributed by atoms with E-state index in [9.17, 15) is 19.2 Å². The quantitative estimate of drug-likeness (QED) is 0.283. The lowest BCUT2D eigenvalue weighted by atomic mass is 9.55. The summed E-state index contributed by atoms with van der Waals surface area (Å²) >= 11 is 0. The van der Waals surface area contributed by atoms with Crippen LogP contribution in [-0.4, -0.2) is 23.1 Å². The number of fused-ring (bicyclic) bond motifs is 4. The van der Waals surface area contributed by atoms with Crippen molar-refractivity contribution in [3.05, 3.63) is 0 Å². The first kappa shape index (κ1) is 49.7. The largest absolute Gasteiger partial charge is 0.300 e. The van der Waals surface area contributed by atoms with Gasteiger partial charge in [0, 0.05) is 23.7 Å². The third kappa shape index (κ3) is 11.7. The molecular weight excluding hydrogens is 737 g/mol. The van der Waals surface area contributed by atoms with E-state index in [1.54, 1.807) is 27.7 Å². The molecule has 0 spiro atoms. The summed E-state index contributed by atoms with van der Waals surface area (Å²) < 4.78 is 0. The average molecular weight is 833 g/mol. The summed E-state index contributed by atoms with van der Waals surface area (Å²) in [7, 11) is 0. The van der Waals surface area contributed by atoms with Gasteiger partial charge in [0.05, 0.1) is 0 Å². The average Bonchev–Trinajstić information content (AvgIpc) is 3.18. The Morgan fingerprint density at radius 3 is 0.667 bits per heavy atom. The van der Waals surface area contributed by atoms with Crippen molar-refractivity contribution in [1.29, 1.82) is 0 Å². The molecule has 0 aromatic heterocycles. The van der Waals surface area contributed by atoms with Crippen LogP contribution >= 0.6 is 0 Å². The van der Waals surface area contributed by atoms with E-state index in [0.717, 1.165) is 73.0 Å². The molecule has 0 heterocycles. The van der Waals surface area contributed by atoms with Gasteiger partial charge in [-0.1, -0.05) is 107 Å². The highest BCUT2D eigenvalue weighted by atomic mass is 16.1. The predicted molar refractivity (Wildman–Crippen MR) is 251 cm³/mol. The Hall–Kier alpha value is -1.32. The van der Waals surface area contributed by atoms with Crippen molar-refractivity contribution in [2.24, 2.45) is 92.7 Å². The second kappa shape index (κ2) is 20.7. The van der Waals surface area contributed by atoms with Crippen molar-refractivity contribution in [2.75, 3.05) is 0 Å². The number of hydrogen-bond donors (Lipinski definition) is 0. The number of carbonyl (C=O) groups is 4. The third-order valence-corrected chi connectivity index (χ3v) is 20.7. The lowest BCUT2D eigenvalue weighted by Crippen LogP contribution is -2.42. The molecule has 0 aromatic rings. The smallest absolute Gasteiger partial charge is 0.132 e. The predicted octanol–water partition coefficient (Wildman–Crippen LogP) is 15.3. The van der Waals surface area contributed by atoms with Gasteiger partial charge in [-0.3, -0.25) is 19.2 Å². The molecule has 0 bridgehead atoms. The Labute approximate surface area is 370 Å². The molecule has 4 nitrogen and oxygen atoms in total. The van der Waals surface area contributed by atoms with Gasteiger partial charge in [-0.25, -0.2) is 0 Å². The fraction of sp³-hybridized carbons (Fsp3) is 0.929. The number of hydrogen-bond acceptors (Lipinski definition) is 4. The van der Waals surface area contributed by atoms with Crippen LogP contribution in [0.25, 0.3) is 0 Å². The second-order valence-electron chi connectivity index (χ2n) is 24.8. The number of ketones is 4. The number of carbonyl (C=O) groups excluding carboxylic acids is 4. The molecule has 0 aromatic carbocycles. The van der Waals surface area contributed by atoms with Crippen molar-refractivity contribution in [2.45, 2.75) is 237 Å². The van der Waals surface area contributed by atoms with Crippen molar-refractivity contribution in [3.63, 3.8) is 0 Å². The van der Waals surface area contributed by atoms with Gasteiger partial charge in [0.15, 0.2) is 0 Å². The zero-order valence-electron chi connectivity index (χ0n) is 41.5. The molecule has 8 aliphatic rings. The van der Waals surface area contributed by atoms with E-state index >= 15 is 0 Å². The summed E-state index contributed by atoms with van der Waals surface area (Å²) in [5.74, 6) is 9.83. The molecule has 0 saturated heterocycles. The normalized spacial score (nSPS) is 45.9. The van der Waals surface area contributed by atoms with Crippen LogP contribution in [0.4, 0.5) is 0 Å². The maximum Gasteiger partial charge on any atom is 0.132 e. The molecule has 8 saturated carbocycles. The zero-order valence-corrected chi connectivity index (χ0v) is 41.5. The minimum Gasteiger partial charge on any atom is -0.300 e. The van der Waals surface area contributed by atoms with Gasteiger partial charge < -0.3 is 0 Å². The van der Waals surface area contributed by atoms with E-state index in [4.69, 9.17) is 0 Å². The molecule has 0 unspecified atom stereocenters. The molecule has 60 heavy (non-hydrogen) atoms. The fourth-order valence-electron chi connectivity index (χ4n) is 16.1. The minimum absolute atomic E-state index is 0.378. The molecular formula is C56H96O4. The third-order valence-electron chi connectivity index (χ3n) is 20.7. The van der Waals surface area contributed by atoms with Gasteiger partial charge in [0.1, 0.15) is 23.1 Å². The lowest BCUT2D eigenvalue weighted by Gasteiger charge is -2.50. The molecule has 344 valence electrons. The Kier molecular flexibility index (Phi) is 17.1. The monoisotopic (exact) mass is 833 g/mol. The van der Waals surface area contributed by atoms with Gasteiger partial charge in [0.2, 0.25) is 0 Å². The van der Waals surface area contributed by atoms with E-state index < -0.39 is 0 Å². The summed E-state index contributed by atoms with van der Waals surface area (Å²) in [4.78, 5) is 45.9. The van der Waals surface area contributed by atoms with Crippen LogP contribution in [0.3, 0.4) is 0 Å². The first-order valence-electron chi connectivity index (χ1n) is 26.1. The molecule has 0 aliphatic heterocycles. The van der Waals surface area contributed by atoms with Crippen LogP contribution in [0.2, 0.25) is 0 Å². The lowest BCUT2D eigenvalue weighted by molar-refractivity contribution is -0.125. The highest BCUT2D eigenvalue weighted by Crippen LogP contribution is 2.57. The van der Waals surface area contributed by atoms with Crippen LogP contribution in [-0.2, 0) is 19.2 Å². The SMILES string of the molecule is CC(=O)[C@@H]1CC[C@@]2(C)CCC[C@@H](C)[C@@H]2C1.CC(=O)[C@@H]1CC[C@@]2(C)CCC[C@@H](C)[C@H]2C1.CC(=O)[C@H]1CC[C@@]2(C)CCC[C@@H](C)[C@@H]2C1.CC(=O)[C@H]1CC[C@@]2(C)CCC[C@@H](C)[C@H]2C1. The van der Waals surface area contributed by atoms with Crippen molar-refractivity contribution < 1.29 is 19.2 Å². The van der Waals surface area contributed by atoms with Gasteiger partial charge >= 0.3 is 0 Å². The second-order valence-corrected chi connectivity index (χ2v) is 24.8. The highest BCUT2D eigenvalue weighted by molar-refractivity contribution is 5.79. The van der Waals surface area contributed by atoms with Crippen LogP contribution in [0.15, 0.2) is 0 Å². The van der Waals surface area contributed by atoms with Crippen LogP contribution in [0.1, 0.15) is 237 Å². The van der Waals surface area contributed by atoms with Gasteiger partial charge in [0.25, 0.3) is 0 Å². The van der Waals surface area contributed by atoms with E-state index in [1.807, 2.05) is 0 Å².